The summed E-state index contributed by atoms with van der Waals surface area (Å²) in [6.45, 7) is 4.22. The smallest absolute Gasteiger partial charge is 0.330 e. The van der Waals surface area contributed by atoms with Crippen LogP contribution in [-0.2, 0) is 22.6 Å². The molecule has 0 aliphatic heterocycles. The molecule has 0 aliphatic carbocycles. The van der Waals surface area contributed by atoms with E-state index in [1.165, 1.54) is 21.3 Å². The van der Waals surface area contributed by atoms with Gasteiger partial charge in [0.25, 0.3) is 5.56 Å². The highest BCUT2D eigenvalue weighted by Gasteiger charge is 2.25. The van der Waals surface area contributed by atoms with Gasteiger partial charge in [0.05, 0.1) is 12.1 Å². The predicted octanol–water partition coefficient (Wildman–Crippen LogP) is 0.199. The first-order valence-electron chi connectivity index (χ1n) is 9.53. The van der Waals surface area contributed by atoms with E-state index < -0.39 is 17.2 Å². The fourth-order valence-electron chi connectivity index (χ4n) is 3.18. The summed E-state index contributed by atoms with van der Waals surface area (Å²) in [5, 5.41) is 8.06. The maximum absolute atomic E-state index is 13.2. The van der Waals surface area contributed by atoms with Crippen molar-refractivity contribution in [2.24, 2.45) is 5.92 Å². The number of aromatic amines is 1. The average Bonchev–Trinajstić information content (AvgIpc) is 3.10. The standard InChI is InChI=1S/C19H25N7O4/c1-12(2)10-25-17(20)16(18(28)21-19(25)29)24(8-9-30-3)15(27)11-26-14-7-5-4-6-13(14)22-23-26/h4-7,12H,8-11,20H2,1-3H3,(H,21,28,29). The maximum Gasteiger partial charge on any atom is 0.330 e. The monoisotopic (exact) mass is 415 g/mol. The van der Waals surface area contributed by atoms with Crippen molar-refractivity contribution in [2.45, 2.75) is 26.9 Å². The molecule has 3 N–H and O–H groups in total. The Hall–Kier alpha value is -3.47. The van der Waals surface area contributed by atoms with Crippen LogP contribution in [0.4, 0.5) is 11.5 Å². The molecule has 160 valence electrons. The number of nitrogens with one attached hydrogen (secondary N) is 1. The van der Waals surface area contributed by atoms with Gasteiger partial charge in [-0.05, 0) is 18.1 Å². The molecule has 0 atom stereocenters. The number of rotatable bonds is 8. The molecule has 2 heterocycles. The number of hydrogen-bond donors (Lipinski definition) is 2. The molecule has 0 bridgehead atoms. The third-order valence-corrected chi connectivity index (χ3v) is 4.56. The zero-order chi connectivity index (χ0) is 21.8. The van der Waals surface area contributed by atoms with Crippen molar-refractivity contribution in [1.29, 1.82) is 0 Å². The van der Waals surface area contributed by atoms with Crippen LogP contribution in [0.5, 0.6) is 0 Å². The van der Waals surface area contributed by atoms with Gasteiger partial charge < -0.3 is 15.4 Å². The number of methoxy groups -OCH3 is 1. The average molecular weight is 415 g/mol. The minimum atomic E-state index is -0.731. The lowest BCUT2D eigenvalue weighted by molar-refractivity contribution is -0.119. The summed E-state index contributed by atoms with van der Waals surface area (Å²) in [7, 11) is 1.49. The van der Waals surface area contributed by atoms with E-state index in [0.29, 0.717) is 17.6 Å². The van der Waals surface area contributed by atoms with Gasteiger partial charge in [0.1, 0.15) is 17.9 Å². The van der Waals surface area contributed by atoms with Gasteiger partial charge in [0.15, 0.2) is 5.69 Å². The van der Waals surface area contributed by atoms with Crippen LogP contribution in [0.1, 0.15) is 13.8 Å². The highest BCUT2D eigenvalue weighted by Crippen LogP contribution is 2.19. The number of nitrogens with two attached hydrogens (primary N) is 1. The van der Waals surface area contributed by atoms with E-state index in [2.05, 4.69) is 15.3 Å². The van der Waals surface area contributed by atoms with Crippen LogP contribution in [0.15, 0.2) is 33.9 Å². The zero-order valence-electron chi connectivity index (χ0n) is 17.2. The van der Waals surface area contributed by atoms with Gasteiger partial charge in [-0.2, -0.15) is 0 Å². The second-order valence-corrected chi connectivity index (χ2v) is 7.27. The van der Waals surface area contributed by atoms with Gasteiger partial charge in [0.2, 0.25) is 5.91 Å². The number of ether oxygens (including phenoxy) is 1. The minimum Gasteiger partial charge on any atom is -0.383 e. The second-order valence-electron chi connectivity index (χ2n) is 7.27. The SMILES string of the molecule is COCCN(C(=O)Cn1nnc2ccccc21)c1c(N)n(CC(C)C)c(=O)[nH]c1=O. The molecule has 3 aromatic rings. The number of carbonyl (C=O) groups is 1. The molecule has 0 fully saturated rings. The topological polar surface area (TPSA) is 141 Å². The van der Waals surface area contributed by atoms with Crippen LogP contribution in [0.3, 0.4) is 0 Å². The Balaban J connectivity index is 2.03. The molecule has 11 nitrogen and oxygen atoms in total. The summed E-state index contributed by atoms with van der Waals surface area (Å²) in [5.41, 5.74) is 6.09. The zero-order valence-corrected chi connectivity index (χ0v) is 17.2. The summed E-state index contributed by atoms with van der Waals surface area (Å²) in [6.07, 6.45) is 0. The van der Waals surface area contributed by atoms with Gasteiger partial charge >= 0.3 is 5.69 Å². The van der Waals surface area contributed by atoms with E-state index in [9.17, 15) is 14.4 Å². The molecule has 0 radical (unpaired) electrons. The second kappa shape index (κ2) is 8.91. The Labute approximate surface area is 172 Å². The highest BCUT2D eigenvalue weighted by atomic mass is 16.5. The molecule has 0 aliphatic rings. The van der Waals surface area contributed by atoms with Crippen LogP contribution in [-0.4, -0.2) is 50.7 Å². The molecule has 1 aromatic carbocycles. The largest absolute Gasteiger partial charge is 0.383 e. The van der Waals surface area contributed by atoms with Crippen molar-refractivity contribution in [3.05, 3.63) is 45.1 Å². The molecular weight excluding hydrogens is 390 g/mol. The molecule has 1 amide bonds. The lowest BCUT2D eigenvalue weighted by Crippen LogP contribution is -2.44. The quantitative estimate of drug-likeness (QED) is 0.535. The van der Waals surface area contributed by atoms with Crippen LogP contribution in [0, 0.1) is 5.92 Å². The normalized spacial score (nSPS) is 11.3. The number of aromatic nitrogens is 5. The Morgan fingerprint density at radius 1 is 1.30 bits per heavy atom. The van der Waals surface area contributed by atoms with E-state index in [1.807, 2.05) is 26.0 Å². The Bertz CT molecular complexity index is 1160. The first-order chi connectivity index (χ1) is 14.3. The maximum atomic E-state index is 13.2. The van der Waals surface area contributed by atoms with Gasteiger partial charge in [-0.3, -0.25) is 19.1 Å². The van der Waals surface area contributed by atoms with Crippen molar-refractivity contribution in [2.75, 3.05) is 30.9 Å². The van der Waals surface area contributed by atoms with Crippen LogP contribution < -0.4 is 21.9 Å². The van der Waals surface area contributed by atoms with Gasteiger partial charge in [-0.1, -0.05) is 31.2 Å². The summed E-state index contributed by atoms with van der Waals surface area (Å²) in [4.78, 5) is 41.5. The predicted molar refractivity (Wildman–Crippen MR) is 112 cm³/mol. The van der Waals surface area contributed by atoms with Crippen LogP contribution in [0.25, 0.3) is 11.0 Å². The molecule has 0 spiro atoms. The number of anilines is 2. The summed E-state index contributed by atoms with van der Waals surface area (Å²) in [6, 6.07) is 7.23. The van der Waals surface area contributed by atoms with Gasteiger partial charge in [-0.25, -0.2) is 9.48 Å². The summed E-state index contributed by atoms with van der Waals surface area (Å²) < 4.78 is 7.81. The molecule has 0 saturated carbocycles. The first-order valence-corrected chi connectivity index (χ1v) is 9.53. The van der Waals surface area contributed by atoms with E-state index in [0.717, 1.165) is 0 Å². The van der Waals surface area contributed by atoms with Crippen LogP contribution >= 0.6 is 0 Å². The number of carbonyl (C=O) groups excluding carboxylic acids is 1. The van der Waals surface area contributed by atoms with Crippen molar-refractivity contribution < 1.29 is 9.53 Å². The fourth-order valence-corrected chi connectivity index (χ4v) is 3.18. The number of hydrogen-bond acceptors (Lipinski definition) is 7. The number of fused-ring (bicyclic) bond motifs is 1. The third kappa shape index (κ3) is 4.25. The van der Waals surface area contributed by atoms with E-state index in [-0.39, 0.29) is 37.1 Å². The number of H-pyrrole nitrogens is 1. The molecule has 30 heavy (non-hydrogen) atoms. The fraction of sp³-hybridized carbons (Fsp3) is 0.421. The van der Waals surface area contributed by atoms with E-state index in [4.69, 9.17) is 10.5 Å². The first kappa shape index (κ1) is 21.2. The number of amides is 1. The van der Waals surface area contributed by atoms with Gasteiger partial charge in [-0.15, -0.1) is 5.10 Å². The highest BCUT2D eigenvalue weighted by molar-refractivity contribution is 5.96. The summed E-state index contributed by atoms with van der Waals surface area (Å²) in [5.74, 6) is -0.395. The number of benzene rings is 1. The Morgan fingerprint density at radius 2 is 2.03 bits per heavy atom. The van der Waals surface area contributed by atoms with Crippen molar-refractivity contribution in [1.82, 2.24) is 24.5 Å². The number of nitrogens with zero attached hydrogens (tertiary/aromatic N) is 5. The molecule has 0 unspecified atom stereocenters. The van der Waals surface area contributed by atoms with Gasteiger partial charge in [0, 0.05) is 20.2 Å². The van der Waals surface area contributed by atoms with E-state index in [1.54, 1.807) is 12.1 Å². The van der Waals surface area contributed by atoms with Crippen LogP contribution in [0.2, 0.25) is 0 Å². The lowest BCUT2D eigenvalue weighted by atomic mass is 10.2. The minimum absolute atomic E-state index is 0.0645. The Kier molecular flexibility index (Phi) is 6.31. The van der Waals surface area contributed by atoms with E-state index >= 15 is 0 Å². The number of nitrogen functional groups attached to an aromatic ring is 1. The molecule has 0 saturated heterocycles. The van der Waals surface area contributed by atoms with Crippen molar-refractivity contribution >= 4 is 28.4 Å². The number of para-hydroxylation sites is 1. The molecular formula is C19H25N7O4. The third-order valence-electron chi connectivity index (χ3n) is 4.56. The van der Waals surface area contributed by atoms with Crippen molar-refractivity contribution in [3.8, 4) is 0 Å². The lowest BCUT2D eigenvalue weighted by Gasteiger charge is -2.24. The molecule has 11 heteroatoms. The summed E-state index contributed by atoms with van der Waals surface area (Å²) >= 11 is 0. The molecule has 3 rings (SSSR count). The molecule has 2 aromatic heterocycles. The Morgan fingerprint density at radius 3 is 2.73 bits per heavy atom. The van der Waals surface area contributed by atoms with Crippen molar-refractivity contribution in [3.63, 3.8) is 0 Å².